The normalized spacial score (nSPS) is 14.7. The van der Waals surface area contributed by atoms with E-state index in [9.17, 15) is 4.39 Å². The molecule has 0 heterocycles. The van der Waals surface area contributed by atoms with Gasteiger partial charge in [-0.1, -0.05) is 12.2 Å². The van der Waals surface area contributed by atoms with Crippen molar-refractivity contribution < 1.29 is 4.39 Å². The van der Waals surface area contributed by atoms with Crippen molar-refractivity contribution in [1.82, 2.24) is 0 Å². The molecule has 0 fully saturated rings. The Morgan fingerprint density at radius 3 is 2.40 bits per heavy atom. The van der Waals surface area contributed by atoms with E-state index in [2.05, 4.69) is 0 Å². The molecular weight excluding hydrogens is 129 g/mol. The molecule has 0 unspecified atom stereocenters. The van der Waals surface area contributed by atoms with Crippen molar-refractivity contribution in [3.8, 4) is 0 Å². The minimum Gasteiger partial charge on any atom is -0.399 e. The van der Waals surface area contributed by atoms with Gasteiger partial charge < -0.3 is 5.73 Å². The molecule has 0 aliphatic carbocycles. The zero-order valence-electron chi connectivity index (χ0n) is 6.26. The van der Waals surface area contributed by atoms with Crippen LogP contribution in [0, 0.1) is 0 Å². The summed E-state index contributed by atoms with van der Waals surface area (Å²) in [7, 11) is 0. The van der Waals surface area contributed by atoms with Gasteiger partial charge >= 0.3 is 0 Å². The molecule has 0 atom stereocenters. The van der Waals surface area contributed by atoms with Gasteiger partial charge in [0.1, 0.15) is 5.83 Å². The van der Waals surface area contributed by atoms with Crippen molar-refractivity contribution in [3.05, 3.63) is 35.8 Å². The van der Waals surface area contributed by atoms with Gasteiger partial charge in [0.25, 0.3) is 0 Å². The van der Waals surface area contributed by atoms with Crippen LogP contribution in [0.4, 0.5) is 4.39 Å². The van der Waals surface area contributed by atoms with Crippen molar-refractivity contribution in [3.63, 3.8) is 0 Å². The van der Waals surface area contributed by atoms with E-state index in [1.807, 2.05) is 6.92 Å². The standard InChI is InChI=1S/C8H12FN/c1-3-5-8(10)6-7(9)4-2/h3-6H,10H2,1-2H3/b5-3-,7-4-,8-6+. The van der Waals surface area contributed by atoms with Crippen molar-refractivity contribution in [1.29, 1.82) is 0 Å². The highest BCUT2D eigenvalue weighted by atomic mass is 19.1. The largest absolute Gasteiger partial charge is 0.399 e. The molecule has 0 aliphatic heterocycles. The average molecular weight is 141 g/mol. The molecule has 0 aromatic carbocycles. The average Bonchev–Trinajstić information content (AvgIpc) is 1.88. The lowest BCUT2D eigenvalue weighted by Gasteiger charge is -1.88. The molecule has 0 saturated heterocycles. The Balaban J connectivity index is 4.16. The van der Waals surface area contributed by atoms with Gasteiger partial charge in [-0.25, -0.2) is 4.39 Å². The van der Waals surface area contributed by atoms with Gasteiger partial charge in [-0.2, -0.15) is 0 Å². The zero-order valence-corrected chi connectivity index (χ0v) is 6.26. The van der Waals surface area contributed by atoms with Gasteiger partial charge in [-0.15, -0.1) is 0 Å². The molecule has 2 N–H and O–H groups in total. The van der Waals surface area contributed by atoms with Crippen LogP contribution >= 0.6 is 0 Å². The van der Waals surface area contributed by atoms with Gasteiger partial charge in [0, 0.05) is 5.70 Å². The van der Waals surface area contributed by atoms with Crippen LogP contribution < -0.4 is 5.73 Å². The van der Waals surface area contributed by atoms with Crippen molar-refractivity contribution in [2.24, 2.45) is 5.73 Å². The topological polar surface area (TPSA) is 26.0 Å². The third-order valence-corrected chi connectivity index (χ3v) is 0.939. The van der Waals surface area contributed by atoms with Crippen LogP contribution in [0.15, 0.2) is 35.8 Å². The molecule has 0 bridgehead atoms. The fourth-order valence-electron chi connectivity index (χ4n) is 0.483. The molecule has 1 nitrogen and oxygen atoms in total. The van der Waals surface area contributed by atoms with Crippen LogP contribution in [0.5, 0.6) is 0 Å². The molecule has 0 radical (unpaired) electrons. The molecule has 0 aliphatic rings. The molecule has 0 amide bonds. The van der Waals surface area contributed by atoms with Gasteiger partial charge in [-0.05, 0) is 26.0 Å². The third kappa shape index (κ3) is 3.89. The third-order valence-electron chi connectivity index (χ3n) is 0.939. The van der Waals surface area contributed by atoms with Crippen LogP contribution in [0.1, 0.15) is 13.8 Å². The molecule has 0 rings (SSSR count). The number of hydrogen-bond acceptors (Lipinski definition) is 1. The molecule has 2 heteroatoms. The highest BCUT2D eigenvalue weighted by Gasteiger charge is 1.85. The monoisotopic (exact) mass is 141 g/mol. The Bertz CT molecular complexity index is 178. The Hall–Kier alpha value is -1.05. The lowest BCUT2D eigenvalue weighted by molar-refractivity contribution is 0.663. The summed E-state index contributed by atoms with van der Waals surface area (Å²) in [4.78, 5) is 0. The van der Waals surface area contributed by atoms with Gasteiger partial charge in [0.2, 0.25) is 0 Å². The van der Waals surface area contributed by atoms with E-state index < -0.39 is 0 Å². The van der Waals surface area contributed by atoms with Crippen molar-refractivity contribution >= 4 is 0 Å². The first-order valence-electron chi connectivity index (χ1n) is 3.12. The fourth-order valence-corrected chi connectivity index (χ4v) is 0.483. The molecule has 10 heavy (non-hydrogen) atoms. The van der Waals surface area contributed by atoms with Crippen LogP contribution in [0.25, 0.3) is 0 Å². The maximum absolute atomic E-state index is 12.4. The first-order chi connectivity index (χ1) is 4.70. The molecule has 0 aromatic heterocycles. The van der Waals surface area contributed by atoms with Gasteiger partial charge in [0.05, 0.1) is 0 Å². The Morgan fingerprint density at radius 1 is 1.40 bits per heavy atom. The van der Waals surface area contributed by atoms with E-state index in [1.165, 1.54) is 12.2 Å². The lowest BCUT2D eigenvalue weighted by Crippen LogP contribution is -1.91. The van der Waals surface area contributed by atoms with E-state index in [0.717, 1.165) is 0 Å². The molecule has 0 aromatic rings. The number of rotatable bonds is 2. The minimum atomic E-state index is -0.310. The van der Waals surface area contributed by atoms with Gasteiger partial charge in [-0.3, -0.25) is 0 Å². The highest BCUT2D eigenvalue weighted by Crippen LogP contribution is 2.00. The first kappa shape index (κ1) is 8.95. The summed E-state index contributed by atoms with van der Waals surface area (Å²) in [5.41, 5.74) is 5.78. The number of allylic oxidation sites excluding steroid dienone is 5. The summed E-state index contributed by atoms with van der Waals surface area (Å²) in [6.45, 7) is 3.45. The van der Waals surface area contributed by atoms with Crippen LogP contribution in [-0.4, -0.2) is 0 Å². The quantitative estimate of drug-likeness (QED) is 0.586. The summed E-state index contributed by atoms with van der Waals surface area (Å²) < 4.78 is 12.4. The lowest BCUT2D eigenvalue weighted by atomic mass is 10.3. The number of hydrogen-bond donors (Lipinski definition) is 1. The first-order valence-corrected chi connectivity index (χ1v) is 3.12. The van der Waals surface area contributed by atoms with Crippen molar-refractivity contribution in [2.45, 2.75) is 13.8 Å². The Labute approximate surface area is 60.7 Å². The van der Waals surface area contributed by atoms with Crippen LogP contribution in [0.2, 0.25) is 0 Å². The SMILES string of the molecule is C\C=C/C(N)=C\C(F)=C\C. The smallest absolute Gasteiger partial charge is 0.121 e. The zero-order chi connectivity index (χ0) is 7.98. The van der Waals surface area contributed by atoms with Gasteiger partial charge in [0.15, 0.2) is 0 Å². The molecule has 0 spiro atoms. The Morgan fingerprint density at radius 2 is 2.00 bits per heavy atom. The second kappa shape index (κ2) is 4.79. The predicted octanol–water partition coefficient (Wildman–Crippen LogP) is 2.28. The summed E-state index contributed by atoms with van der Waals surface area (Å²) in [5, 5.41) is 0. The van der Waals surface area contributed by atoms with E-state index >= 15 is 0 Å². The molecular formula is C8H12FN. The maximum atomic E-state index is 12.4. The van der Waals surface area contributed by atoms with E-state index in [-0.39, 0.29) is 5.83 Å². The summed E-state index contributed by atoms with van der Waals surface area (Å²) >= 11 is 0. The summed E-state index contributed by atoms with van der Waals surface area (Å²) in [5.74, 6) is -0.310. The predicted molar refractivity (Wildman–Crippen MR) is 41.9 cm³/mol. The molecule has 0 saturated carbocycles. The van der Waals surface area contributed by atoms with Crippen LogP contribution in [0.3, 0.4) is 0 Å². The number of nitrogens with two attached hydrogens (primary N) is 1. The minimum absolute atomic E-state index is 0.310. The van der Waals surface area contributed by atoms with E-state index in [4.69, 9.17) is 5.73 Å². The second-order valence-electron chi connectivity index (χ2n) is 1.82. The van der Waals surface area contributed by atoms with Crippen LogP contribution in [-0.2, 0) is 0 Å². The van der Waals surface area contributed by atoms with Crippen molar-refractivity contribution in [2.75, 3.05) is 0 Å². The maximum Gasteiger partial charge on any atom is 0.121 e. The highest BCUT2D eigenvalue weighted by molar-refractivity contribution is 5.23. The number of halogens is 1. The summed E-state index contributed by atoms with van der Waals surface area (Å²) in [6, 6.07) is 0. The molecule has 56 valence electrons. The second-order valence-corrected chi connectivity index (χ2v) is 1.82. The van der Waals surface area contributed by atoms with E-state index in [0.29, 0.717) is 5.70 Å². The summed E-state index contributed by atoms with van der Waals surface area (Å²) in [6.07, 6.45) is 6.04. The Kier molecular flexibility index (Phi) is 4.29. The fraction of sp³-hybridized carbons (Fsp3) is 0.250. The van der Waals surface area contributed by atoms with E-state index in [1.54, 1.807) is 19.1 Å².